The van der Waals surface area contributed by atoms with Gasteiger partial charge in [-0.3, -0.25) is 0 Å². The van der Waals surface area contributed by atoms with Crippen LogP contribution in [0.15, 0.2) is 24.3 Å². The Morgan fingerprint density at radius 3 is 2.68 bits per heavy atom. The lowest BCUT2D eigenvalue weighted by Crippen LogP contribution is -2.45. The minimum atomic E-state index is -3.01. The summed E-state index contributed by atoms with van der Waals surface area (Å²) < 4.78 is 24.7. The van der Waals surface area contributed by atoms with E-state index in [1.54, 1.807) is 6.07 Å². The number of rotatable bonds is 3. The molecule has 2 fully saturated rings. The highest BCUT2D eigenvalue weighted by Gasteiger charge is 2.28. The maximum absolute atomic E-state index is 12.3. The number of benzene rings is 1. The summed E-state index contributed by atoms with van der Waals surface area (Å²) in [5.41, 5.74) is 1.46. The number of nitrogens with zero attached hydrogens (tertiary/aromatic N) is 5. The standard InChI is InChI=1S/C15H18N6O3S/c22-15(20-6-8-25(23,24)9-7-20)16-12-3-1-2-11(10-12)14-17-18-19-21(14)13-4-5-13/h1-3,10,13H,4-9H2,(H,16,22). The number of anilines is 1. The van der Waals surface area contributed by atoms with Crippen LogP contribution in [0.25, 0.3) is 11.4 Å². The molecule has 0 atom stereocenters. The quantitative estimate of drug-likeness (QED) is 0.870. The van der Waals surface area contributed by atoms with Crippen molar-refractivity contribution >= 4 is 21.6 Å². The molecule has 2 aromatic rings. The first-order chi connectivity index (χ1) is 12.0. The fourth-order valence-corrected chi connectivity index (χ4v) is 4.00. The number of carbonyl (C=O) groups is 1. The van der Waals surface area contributed by atoms with Gasteiger partial charge in [0.2, 0.25) is 0 Å². The third-order valence-corrected chi connectivity index (χ3v) is 6.00. The average Bonchev–Trinajstić information content (AvgIpc) is 3.31. The molecule has 1 saturated carbocycles. The zero-order chi connectivity index (χ0) is 17.4. The van der Waals surface area contributed by atoms with Crippen molar-refractivity contribution in [3.8, 4) is 11.4 Å². The van der Waals surface area contributed by atoms with E-state index >= 15 is 0 Å². The maximum atomic E-state index is 12.3. The van der Waals surface area contributed by atoms with Crippen molar-refractivity contribution in [3.05, 3.63) is 24.3 Å². The van der Waals surface area contributed by atoms with Crippen LogP contribution >= 0.6 is 0 Å². The van der Waals surface area contributed by atoms with E-state index in [1.165, 1.54) is 4.90 Å². The monoisotopic (exact) mass is 362 g/mol. The number of carbonyl (C=O) groups excluding carboxylic acids is 1. The molecular formula is C15H18N6O3S. The van der Waals surface area contributed by atoms with Gasteiger partial charge in [0.25, 0.3) is 0 Å². The molecule has 2 aliphatic rings. The Kier molecular flexibility index (Phi) is 3.91. The molecule has 1 saturated heterocycles. The molecule has 0 radical (unpaired) electrons. The SMILES string of the molecule is O=C(Nc1cccc(-c2nnnn2C2CC2)c1)N1CCS(=O)(=O)CC1. The first-order valence-electron chi connectivity index (χ1n) is 8.16. The molecule has 9 nitrogen and oxygen atoms in total. The summed E-state index contributed by atoms with van der Waals surface area (Å²) in [4.78, 5) is 13.9. The first-order valence-corrected chi connectivity index (χ1v) is 9.99. The Morgan fingerprint density at radius 2 is 1.96 bits per heavy atom. The number of nitrogens with one attached hydrogen (secondary N) is 1. The lowest BCUT2D eigenvalue weighted by molar-refractivity contribution is 0.216. The summed E-state index contributed by atoms with van der Waals surface area (Å²) in [5.74, 6) is 0.704. The van der Waals surface area contributed by atoms with E-state index in [1.807, 2.05) is 22.9 Å². The minimum absolute atomic E-state index is 0.0105. The van der Waals surface area contributed by atoms with E-state index in [9.17, 15) is 13.2 Å². The summed E-state index contributed by atoms with van der Waals surface area (Å²) >= 11 is 0. The van der Waals surface area contributed by atoms with Crippen molar-refractivity contribution in [1.29, 1.82) is 0 Å². The predicted octanol–water partition coefficient (Wildman–Crippen LogP) is 0.937. The molecule has 2 amide bonds. The topological polar surface area (TPSA) is 110 Å². The Labute approximate surface area is 144 Å². The average molecular weight is 362 g/mol. The molecule has 4 rings (SSSR count). The molecule has 0 bridgehead atoms. The van der Waals surface area contributed by atoms with Gasteiger partial charge < -0.3 is 10.2 Å². The first kappa shape index (κ1) is 16.0. The largest absolute Gasteiger partial charge is 0.322 e. The Balaban J connectivity index is 1.48. The third-order valence-electron chi connectivity index (χ3n) is 4.39. The second kappa shape index (κ2) is 6.10. The number of aromatic nitrogens is 4. The highest BCUT2D eigenvalue weighted by Crippen LogP contribution is 2.36. The van der Waals surface area contributed by atoms with E-state index < -0.39 is 9.84 Å². The summed E-state index contributed by atoms with van der Waals surface area (Å²) in [6, 6.07) is 7.40. The van der Waals surface area contributed by atoms with Crippen LogP contribution in [0, 0.1) is 0 Å². The van der Waals surface area contributed by atoms with Gasteiger partial charge in [-0.25, -0.2) is 17.9 Å². The number of sulfone groups is 1. The highest BCUT2D eigenvalue weighted by atomic mass is 32.2. The molecule has 10 heteroatoms. The van der Waals surface area contributed by atoms with Gasteiger partial charge in [0.05, 0.1) is 17.5 Å². The second-order valence-electron chi connectivity index (χ2n) is 6.33. The number of amides is 2. The summed E-state index contributed by atoms with van der Waals surface area (Å²) in [6.07, 6.45) is 2.15. The lowest BCUT2D eigenvalue weighted by atomic mass is 10.2. The van der Waals surface area contributed by atoms with Crippen molar-refractivity contribution in [2.24, 2.45) is 0 Å². The van der Waals surface area contributed by atoms with Gasteiger partial charge in [0.15, 0.2) is 15.7 Å². The van der Waals surface area contributed by atoms with Gasteiger partial charge in [-0.2, -0.15) is 0 Å². The molecular weight excluding hydrogens is 344 g/mol. The number of hydrogen-bond donors (Lipinski definition) is 1. The van der Waals surface area contributed by atoms with Crippen LogP contribution in [-0.2, 0) is 9.84 Å². The molecule has 2 heterocycles. The van der Waals surface area contributed by atoms with Crippen LogP contribution in [0.2, 0.25) is 0 Å². The molecule has 0 unspecified atom stereocenters. The molecule has 1 aliphatic heterocycles. The van der Waals surface area contributed by atoms with Crippen LogP contribution in [0.1, 0.15) is 18.9 Å². The summed E-state index contributed by atoms with van der Waals surface area (Å²) in [5, 5.41) is 14.7. The van der Waals surface area contributed by atoms with E-state index in [4.69, 9.17) is 0 Å². The molecule has 1 aromatic heterocycles. The van der Waals surface area contributed by atoms with Gasteiger partial charge in [0, 0.05) is 24.3 Å². The van der Waals surface area contributed by atoms with E-state index in [2.05, 4.69) is 20.8 Å². The van der Waals surface area contributed by atoms with Gasteiger partial charge in [-0.1, -0.05) is 12.1 Å². The zero-order valence-corrected chi connectivity index (χ0v) is 14.3. The van der Waals surface area contributed by atoms with Crippen molar-refractivity contribution in [2.45, 2.75) is 18.9 Å². The summed E-state index contributed by atoms with van der Waals surface area (Å²) in [7, 11) is -3.01. The molecule has 1 N–H and O–H groups in total. The number of tetrazole rings is 1. The van der Waals surface area contributed by atoms with E-state index in [0.717, 1.165) is 18.4 Å². The molecule has 1 aromatic carbocycles. The Bertz CT molecular complexity index is 891. The Hall–Kier alpha value is -2.49. The minimum Gasteiger partial charge on any atom is -0.322 e. The fourth-order valence-electron chi connectivity index (χ4n) is 2.80. The van der Waals surface area contributed by atoms with Gasteiger partial charge >= 0.3 is 6.03 Å². The van der Waals surface area contributed by atoms with Crippen LogP contribution < -0.4 is 5.32 Å². The predicted molar refractivity (Wildman–Crippen MR) is 90.8 cm³/mol. The zero-order valence-electron chi connectivity index (χ0n) is 13.5. The van der Waals surface area contributed by atoms with Crippen LogP contribution in [-0.4, -0.2) is 64.2 Å². The highest BCUT2D eigenvalue weighted by molar-refractivity contribution is 7.91. The molecule has 25 heavy (non-hydrogen) atoms. The number of urea groups is 1. The van der Waals surface area contributed by atoms with E-state index in [0.29, 0.717) is 17.6 Å². The van der Waals surface area contributed by atoms with Gasteiger partial charge in [-0.15, -0.1) is 5.10 Å². The molecule has 0 spiro atoms. The van der Waals surface area contributed by atoms with Crippen molar-refractivity contribution in [1.82, 2.24) is 25.1 Å². The second-order valence-corrected chi connectivity index (χ2v) is 8.63. The van der Waals surface area contributed by atoms with Crippen molar-refractivity contribution in [2.75, 3.05) is 29.9 Å². The van der Waals surface area contributed by atoms with Crippen LogP contribution in [0.4, 0.5) is 10.5 Å². The fraction of sp³-hybridized carbons (Fsp3) is 0.467. The van der Waals surface area contributed by atoms with Crippen LogP contribution in [0.3, 0.4) is 0 Å². The summed E-state index contributed by atoms with van der Waals surface area (Å²) in [6.45, 7) is 0.432. The number of hydrogen-bond acceptors (Lipinski definition) is 6. The van der Waals surface area contributed by atoms with E-state index in [-0.39, 0.29) is 30.6 Å². The maximum Gasteiger partial charge on any atom is 0.321 e. The third kappa shape index (κ3) is 3.48. The van der Waals surface area contributed by atoms with Crippen LogP contribution in [0.5, 0.6) is 0 Å². The Morgan fingerprint density at radius 1 is 1.20 bits per heavy atom. The smallest absolute Gasteiger partial charge is 0.321 e. The molecule has 132 valence electrons. The van der Waals surface area contributed by atoms with Crippen molar-refractivity contribution in [3.63, 3.8) is 0 Å². The molecule has 1 aliphatic carbocycles. The van der Waals surface area contributed by atoms with Crippen molar-refractivity contribution < 1.29 is 13.2 Å². The normalized spacial score (nSPS) is 19.6. The van der Waals surface area contributed by atoms with Gasteiger partial charge in [0.1, 0.15) is 0 Å². The van der Waals surface area contributed by atoms with Gasteiger partial charge in [-0.05, 0) is 35.4 Å². The lowest BCUT2D eigenvalue weighted by Gasteiger charge is -2.26.